The quantitative estimate of drug-likeness (QED) is 0.412. The zero-order chi connectivity index (χ0) is 20.9. The highest BCUT2D eigenvalue weighted by molar-refractivity contribution is 5.95. The Balaban J connectivity index is 2.16. The predicted octanol–water partition coefficient (Wildman–Crippen LogP) is 3.15. The first kappa shape index (κ1) is 17.8. The van der Waals surface area contributed by atoms with Crippen LogP contribution < -0.4 is 5.73 Å². The number of nitrogens with zero attached hydrogens (tertiary/aromatic N) is 6. The molecule has 11 nitrogen and oxygen atoms in total. The lowest BCUT2D eigenvalue weighted by Gasteiger charge is -2.10. The number of aryl methyl sites for hydroxylation is 1. The summed E-state index contributed by atoms with van der Waals surface area (Å²) in [6.07, 6.45) is 0. The highest BCUT2D eigenvalue weighted by Gasteiger charge is 2.27. The van der Waals surface area contributed by atoms with Gasteiger partial charge < -0.3 is 5.73 Å². The van der Waals surface area contributed by atoms with Crippen LogP contribution >= 0.6 is 0 Å². The number of nitro benzene ring substituents is 2. The van der Waals surface area contributed by atoms with Crippen LogP contribution in [0, 0.1) is 38.5 Å². The number of nitrogen functional groups attached to an aromatic ring is 1. The lowest BCUT2D eigenvalue weighted by atomic mass is 10.2. The molecule has 0 fully saturated rings. The number of nitro groups is 2. The fourth-order valence-electron chi connectivity index (χ4n) is 3.20. The Bertz CT molecular complexity index is 1400. The molecule has 0 amide bonds. The van der Waals surface area contributed by atoms with Crippen LogP contribution in [0.3, 0.4) is 0 Å². The number of anilines is 1. The number of aromatic nitrogens is 3. The molecule has 4 rings (SSSR count). The molecule has 142 valence electrons. The second kappa shape index (κ2) is 6.24. The number of hydrogen-bond acceptors (Lipinski definition) is 8. The smallest absolute Gasteiger partial charge is 0.348 e. The third-order valence-electron chi connectivity index (χ3n) is 4.55. The number of benzene rings is 2. The molecule has 2 aromatic carbocycles. The van der Waals surface area contributed by atoms with Crippen LogP contribution in [0.4, 0.5) is 17.2 Å². The van der Waals surface area contributed by atoms with Gasteiger partial charge in [-0.25, -0.2) is 9.97 Å². The van der Waals surface area contributed by atoms with Crippen molar-refractivity contribution in [3.8, 4) is 11.8 Å². The lowest BCUT2D eigenvalue weighted by Crippen LogP contribution is -2.03. The van der Waals surface area contributed by atoms with Crippen molar-refractivity contribution in [1.29, 1.82) is 5.26 Å². The summed E-state index contributed by atoms with van der Waals surface area (Å²) in [5.41, 5.74) is 6.89. The molecule has 0 bridgehead atoms. The Kier molecular flexibility index (Phi) is 3.83. The predicted molar refractivity (Wildman–Crippen MR) is 104 cm³/mol. The number of fused-ring (bicyclic) bond motifs is 2. The summed E-state index contributed by atoms with van der Waals surface area (Å²) in [5, 5.41) is 32.0. The summed E-state index contributed by atoms with van der Waals surface area (Å²) in [6, 6.07) is 11.2. The first-order valence-corrected chi connectivity index (χ1v) is 8.24. The SMILES string of the molecule is Cc1ccccc1-n1c(N)c(C#N)c2nc3cc([N+](=O)[O-])c([N+](=O)[O-])cc3nc21. The minimum Gasteiger partial charge on any atom is -0.384 e. The van der Waals surface area contributed by atoms with E-state index >= 15 is 0 Å². The third kappa shape index (κ3) is 2.59. The van der Waals surface area contributed by atoms with Gasteiger partial charge in [-0.2, -0.15) is 5.26 Å². The monoisotopic (exact) mass is 389 g/mol. The topological polar surface area (TPSA) is 167 Å². The fraction of sp³-hybridized carbons (Fsp3) is 0.0556. The van der Waals surface area contributed by atoms with Crippen molar-refractivity contribution in [1.82, 2.24) is 14.5 Å². The molecule has 0 atom stereocenters. The molecular weight excluding hydrogens is 378 g/mol. The van der Waals surface area contributed by atoms with E-state index in [2.05, 4.69) is 9.97 Å². The lowest BCUT2D eigenvalue weighted by molar-refractivity contribution is -0.422. The van der Waals surface area contributed by atoms with Crippen molar-refractivity contribution in [2.45, 2.75) is 6.92 Å². The van der Waals surface area contributed by atoms with Gasteiger partial charge in [0.15, 0.2) is 5.65 Å². The van der Waals surface area contributed by atoms with Gasteiger partial charge >= 0.3 is 11.4 Å². The summed E-state index contributed by atoms with van der Waals surface area (Å²) < 4.78 is 1.54. The molecule has 2 aromatic heterocycles. The first-order chi connectivity index (χ1) is 13.8. The summed E-state index contributed by atoms with van der Waals surface area (Å²) in [4.78, 5) is 29.5. The summed E-state index contributed by atoms with van der Waals surface area (Å²) >= 11 is 0. The molecule has 0 unspecified atom stereocenters. The summed E-state index contributed by atoms with van der Waals surface area (Å²) in [6.45, 7) is 1.86. The van der Waals surface area contributed by atoms with Gasteiger partial charge in [0.1, 0.15) is 23.0 Å². The fourth-order valence-corrected chi connectivity index (χ4v) is 3.20. The summed E-state index contributed by atoms with van der Waals surface area (Å²) in [5.74, 6) is 0.108. The third-order valence-corrected chi connectivity index (χ3v) is 4.55. The number of hydrogen-bond donors (Lipinski definition) is 1. The molecule has 0 saturated heterocycles. The second-order valence-corrected chi connectivity index (χ2v) is 6.23. The summed E-state index contributed by atoms with van der Waals surface area (Å²) in [7, 11) is 0. The maximum Gasteiger partial charge on any atom is 0.348 e. The van der Waals surface area contributed by atoms with Crippen LogP contribution in [0.5, 0.6) is 0 Å². The van der Waals surface area contributed by atoms with Crippen molar-refractivity contribution in [3.05, 3.63) is 67.8 Å². The molecule has 29 heavy (non-hydrogen) atoms. The molecule has 0 aliphatic rings. The number of rotatable bonds is 3. The molecule has 4 aromatic rings. The molecule has 0 aliphatic heterocycles. The van der Waals surface area contributed by atoms with E-state index in [0.717, 1.165) is 17.7 Å². The standard InChI is InChI=1S/C18H11N7O4/c1-9-4-2-3-5-13(9)23-17(20)10(8-19)16-18(23)22-12-7-15(25(28)29)14(24(26)27)6-11(12)21-16/h2-7H,20H2,1H3. The number of nitriles is 1. The average Bonchev–Trinajstić information content (AvgIpc) is 2.95. The van der Waals surface area contributed by atoms with Crippen LogP contribution in [0.2, 0.25) is 0 Å². The van der Waals surface area contributed by atoms with Gasteiger partial charge in [0, 0.05) is 0 Å². The van der Waals surface area contributed by atoms with Gasteiger partial charge in [0.2, 0.25) is 0 Å². The molecule has 0 spiro atoms. The Hall–Kier alpha value is -4.59. The van der Waals surface area contributed by atoms with Crippen molar-refractivity contribution in [3.63, 3.8) is 0 Å². The molecular formula is C18H11N7O4. The van der Waals surface area contributed by atoms with Gasteiger partial charge in [-0.1, -0.05) is 18.2 Å². The van der Waals surface area contributed by atoms with Gasteiger partial charge in [-0.15, -0.1) is 0 Å². The van der Waals surface area contributed by atoms with E-state index < -0.39 is 21.2 Å². The van der Waals surface area contributed by atoms with Crippen LogP contribution in [0.1, 0.15) is 11.1 Å². The molecule has 2 heterocycles. The van der Waals surface area contributed by atoms with E-state index in [-0.39, 0.29) is 33.6 Å². The van der Waals surface area contributed by atoms with Gasteiger partial charge in [-0.3, -0.25) is 24.8 Å². The molecule has 0 aliphatic carbocycles. The average molecular weight is 389 g/mol. The van der Waals surface area contributed by atoms with Crippen molar-refractivity contribution in [2.24, 2.45) is 0 Å². The zero-order valence-corrected chi connectivity index (χ0v) is 14.9. The minimum atomic E-state index is -0.860. The minimum absolute atomic E-state index is 0.0493. The molecule has 0 saturated carbocycles. The van der Waals surface area contributed by atoms with Gasteiger partial charge in [-0.05, 0) is 18.6 Å². The van der Waals surface area contributed by atoms with Crippen LogP contribution in [-0.4, -0.2) is 24.4 Å². The van der Waals surface area contributed by atoms with Crippen LogP contribution in [0.15, 0.2) is 36.4 Å². The van der Waals surface area contributed by atoms with Crippen LogP contribution in [-0.2, 0) is 0 Å². The number of nitrogens with two attached hydrogens (primary N) is 1. The van der Waals surface area contributed by atoms with Gasteiger partial charge in [0.25, 0.3) is 0 Å². The highest BCUT2D eigenvalue weighted by Crippen LogP contribution is 2.35. The Morgan fingerprint density at radius 1 is 1.07 bits per heavy atom. The van der Waals surface area contributed by atoms with E-state index in [1.807, 2.05) is 25.1 Å². The maximum atomic E-state index is 11.3. The molecule has 2 N–H and O–H groups in total. The van der Waals surface area contributed by atoms with E-state index in [1.165, 1.54) is 0 Å². The van der Waals surface area contributed by atoms with Crippen molar-refractivity contribution < 1.29 is 9.85 Å². The molecule has 0 radical (unpaired) electrons. The van der Waals surface area contributed by atoms with E-state index in [4.69, 9.17) is 5.73 Å². The van der Waals surface area contributed by atoms with E-state index in [1.54, 1.807) is 16.7 Å². The highest BCUT2D eigenvalue weighted by atomic mass is 16.6. The van der Waals surface area contributed by atoms with E-state index in [0.29, 0.717) is 5.69 Å². The van der Waals surface area contributed by atoms with Gasteiger partial charge in [0.05, 0.1) is 38.7 Å². The van der Waals surface area contributed by atoms with E-state index in [9.17, 15) is 25.5 Å². The largest absolute Gasteiger partial charge is 0.384 e. The maximum absolute atomic E-state index is 11.3. The van der Waals surface area contributed by atoms with Crippen LogP contribution in [0.25, 0.3) is 27.9 Å². The Morgan fingerprint density at radius 3 is 2.21 bits per heavy atom. The first-order valence-electron chi connectivity index (χ1n) is 8.24. The number of para-hydroxylation sites is 1. The van der Waals surface area contributed by atoms with Crippen molar-refractivity contribution >= 4 is 39.4 Å². The normalized spacial score (nSPS) is 10.9. The second-order valence-electron chi connectivity index (χ2n) is 6.23. The Labute approximate surface area is 161 Å². The molecule has 11 heteroatoms. The Morgan fingerprint density at radius 2 is 1.66 bits per heavy atom. The zero-order valence-electron chi connectivity index (χ0n) is 14.9. The van der Waals surface area contributed by atoms with Crippen molar-refractivity contribution in [2.75, 3.05) is 5.73 Å².